The summed E-state index contributed by atoms with van der Waals surface area (Å²) >= 11 is 0. The SMILES string of the molecule is COc1ccc(C(=O)NCCc2cnc[nH]2)cc1C. The summed E-state index contributed by atoms with van der Waals surface area (Å²) < 4.78 is 5.17. The van der Waals surface area contributed by atoms with Crippen molar-refractivity contribution < 1.29 is 9.53 Å². The number of aromatic nitrogens is 2. The third kappa shape index (κ3) is 3.34. The molecule has 2 aromatic rings. The smallest absolute Gasteiger partial charge is 0.251 e. The van der Waals surface area contributed by atoms with Gasteiger partial charge in [0.2, 0.25) is 0 Å². The number of benzene rings is 1. The molecular weight excluding hydrogens is 242 g/mol. The Hall–Kier alpha value is -2.30. The molecule has 100 valence electrons. The van der Waals surface area contributed by atoms with Gasteiger partial charge in [-0.2, -0.15) is 0 Å². The van der Waals surface area contributed by atoms with Gasteiger partial charge in [-0.3, -0.25) is 4.79 Å². The zero-order valence-corrected chi connectivity index (χ0v) is 11.1. The summed E-state index contributed by atoms with van der Waals surface area (Å²) in [5.74, 6) is 0.708. The quantitative estimate of drug-likeness (QED) is 0.858. The molecule has 0 aliphatic rings. The van der Waals surface area contributed by atoms with Crippen LogP contribution in [0.15, 0.2) is 30.7 Å². The normalized spacial score (nSPS) is 10.2. The first-order valence-corrected chi connectivity index (χ1v) is 6.11. The number of aryl methyl sites for hydroxylation is 1. The molecule has 0 aliphatic heterocycles. The summed E-state index contributed by atoms with van der Waals surface area (Å²) in [6.45, 7) is 2.49. The van der Waals surface area contributed by atoms with E-state index in [1.165, 1.54) is 0 Å². The van der Waals surface area contributed by atoms with Crippen molar-refractivity contribution in [3.63, 3.8) is 0 Å². The number of imidazole rings is 1. The van der Waals surface area contributed by atoms with Crippen molar-refractivity contribution in [1.82, 2.24) is 15.3 Å². The van der Waals surface area contributed by atoms with E-state index in [4.69, 9.17) is 4.74 Å². The predicted molar refractivity (Wildman–Crippen MR) is 72.4 cm³/mol. The summed E-state index contributed by atoms with van der Waals surface area (Å²) in [7, 11) is 1.62. The van der Waals surface area contributed by atoms with E-state index in [0.29, 0.717) is 12.1 Å². The minimum atomic E-state index is -0.0785. The molecule has 19 heavy (non-hydrogen) atoms. The molecule has 0 bridgehead atoms. The molecular formula is C14H17N3O2. The fourth-order valence-electron chi connectivity index (χ4n) is 1.85. The van der Waals surface area contributed by atoms with Crippen LogP contribution in [-0.4, -0.2) is 29.5 Å². The number of carbonyl (C=O) groups is 1. The van der Waals surface area contributed by atoms with E-state index < -0.39 is 0 Å². The van der Waals surface area contributed by atoms with Crippen LogP contribution in [-0.2, 0) is 6.42 Å². The molecule has 5 nitrogen and oxygen atoms in total. The predicted octanol–water partition coefficient (Wildman–Crippen LogP) is 1.70. The van der Waals surface area contributed by atoms with Crippen LogP contribution in [0.25, 0.3) is 0 Å². The number of nitrogens with zero attached hydrogens (tertiary/aromatic N) is 1. The molecule has 1 aromatic carbocycles. The molecule has 0 saturated carbocycles. The minimum absolute atomic E-state index is 0.0785. The lowest BCUT2D eigenvalue weighted by atomic mass is 10.1. The standard InChI is InChI=1S/C14H17N3O2/c1-10-7-11(3-4-13(10)19-2)14(18)16-6-5-12-8-15-9-17-12/h3-4,7-9H,5-6H2,1-2H3,(H,15,17)(H,16,18). The Balaban J connectivity index is 1.91. The molecule has 1 heterocycles. The Kier molecular flexibility index (Phi) is 4.18. The summed E-state index contributed by atoms with van der Waals surface area (Å²) in [4.78, 5) is 18.9. The Morgan fingerprint density at radius 1 is 1.47 bits per heavy atom. The van der Waals surface area contributed by atoms with Crippen molar-refractivity contribution in [3.8, 4) is 5.75 Å². The first kappa shape index (κ1) is 13.1. The van der Waals surface area contributed by atoms with Gasteiger partial charge in [-0.05, 0) is 30.7 Å². The van der Waals surface area contributed by atoms with E-state index in [1.54, 1.807) is 31.8 Å². The Morgan fingerprint density at radius 3 is 2.95 bits per heavy atom. The summed E-state index contributed by atoms with van der Waals surface area (Å²) in [5, 5.41) is 2.87. The first-order chi connectivity index (χ1) is 9.20. The fraction of sp³-hybridized carbons (Fsp3) is 0.286. The van der Waals surface area contributed by atoms with Gasteiger partial charge in [-0.15, -0.1) is 0 Å². The highest BCUT2D eigenvalue weighted by Gasteiger charge is 2.07. The van der Waals surface area contributed by atoms with Crippen molar-refractivity contribution in [3.05, 3.63) is 47.5 Å². The van der Waals surface area contributed by atoms with Crippen LogP contribution >= 0.6 is 0 Å². The molecule has 1 aromatic heterocycles. The van der Waals surface area contributed by atoms with Gasteiger partial charge in [0.25, 0.3) is 5.91 Å². The van der Waals surface area contributed by atoms with E-state index in [1.807, 2.05) is 13.0 Å². The minimum Gasteiger partial charge on any atom is -0.496 e. The number of H-pyrrole nitrogens is 1. The van der Waals surface area contributed by atoms with Gasteiger partial charge in [-0.25, -0.2) is 4.98 Å². The largest absolute Gasteiger partial charge is 0.496 e. The second kappa shape index (κ2) is 6.04. The summed E-state index contributed by atoms with van der Waals surface area (Å²) in [6.07, 6.45) is 4.12. The maximum Gasteiger partial charge on any atom is 0.251 e. The van der Waals surface area contributed by atoms with Crippen LogP contribution in [0.1, 0.15) is 21.6 Å². The maximum absolute atomic E-state index is 11.9. The van der Waals surface area contributed by atoms with Crippen molar-refractivity contribution in [2.75, 3.05) is 13.7 Å². The zero-order valence-electron chi connectivity index (χ0n) is 11.1. The molecule has 5 heteroatoms. The molecule has 1 amide bonds. The molecule has 0 saturated heterocycles. The summed E-state index contributed by atoms with van der Waals surface area (Å²) in [5.41, 5.74) is 2.60. The number of methoxy groups -OCH3 is 1. The average molecular weight is 259 g/mol. The van der Waals surface area contributed by atoms with Crippen LogP contribution in [0.5, 0.6) is 5.75 Å². The van der Waals surface area contributed by atoms with Gasteiger partial charge >= 0.3 is 0 Å². The lowest BCUT2D eigenvalue weighted by Gasteiger charge is -2.08. The van der Waals surface area contributed by atoms with Crippen LogP contribution < -0.4 is 10.1 Å². The van der Waals surface area contributed by atoms with Crippen molar-refractivity contribution >= 4 is 5.91 Å². The highest BCUT2D eigenvalue weighted by Crippen LogP contribution is 2.18. The van der Waals surface area contributed by atoms with E-state index in [-0.39, 0.29) is 5.91 Å². The van der Waals surface area contributed by atoms with Crippen molar-refractivity contribution in [2.24, 2.45) is 0 Å². The topological polar surface area (TPSA) is 67.0 Å². The molecule has 2 rings (SSSR count). The van der Waals surface area contributed by atoms with Crippen molar-refractivity contribution in [2.45, 2.75) is 13.3 Å². The zero-order chi connectivity index (χ0) is 13.7. The lowest BCUT2D eigenvalue weighted by Crippen LogP contribution is -2.25. The number of hydrogen-bond donors (Lipinski definition) is 2. The van der Waals surface area contributed by atoms with Gasteiger partial charge in [-0.1, -0.05) is 0 Å². The number of ether oxygens (including phenoxy) is 1. The molecule has 0 atom stereocenters. The molecule has 0 aliphatic carbocycles. The van der Waals surface area contributed by atoms with Gasteiger partial charge in [0.1, 0.15) is 5.75 Å². The Bertz CT molecular complexity index is 550. The van der Waals surface area contributed by atoms with E-state index in [9.17, 15) is 4.79 Å². The van der Waals surface area contributed by atoms with E-state index >= 15 is 0 Å². The Morgan fingerprint density at radius 2 is 2.32 bits per heavy atom. The maximum atomic E-state index is 11.9. The molecule has 0 unspecified atom stereocenters. The van der Waals surface area contributed by atoms with Crippen LogP contribution in [0.4, 0.5) is 0 Å². The number of carbonyl (C=O) groups excluding carboxylic acids is 1. The van der Waals surface area contributed by atoms with Gasteiger partial charge < -0.3 is 15.0 Å². The van der Waals surface area contributed by atoms with Gasteiger partial charge in [0.05, 0.1) is 13.4 Å². The molecule has 0 fully saturated rings. The number of nitrogens with one attached hydrogen (secondary N) is 2. The highest BCUT2D eigenvalue weighted by atomic mass is 16.5. The molecule has 0 spiro atoms. The number of amides is 1. The van der Waals surface area contributed by atoms with Crippen LogP contribution in [0.2, 0.25) is 0 Å². The average Bonchev–Trinajstić information content (AvgIpc) is 2.91. The highest BCUT2D eigenvalue weighted by molar-refractivity contribution is 5.94. The Labute approximate surface area is 112 Å². The first-order valence-electron chi connectivity index (χ1n) is 6.11. The third-order valence-electron chi connectivity index (χ3n) is 2.89. The van der Waals surface area contributed by atoms with E-state index in [2.05, 4.69) is 15.3 Å². The van der Waals surface area contributed by atoms with E-state index in [0.717, 1.165) is 23.4 Å². The van der Waals surface area contributed by atoms with Gasteiger partial charge in [0, 0.05) is 30.4 Å². The molecule has 2 N–H and O–H groups in total. The van der Waals surface area contributed by atoms with Crippen molar-refractivity contribution in [1.29, 1.82) is 0 Å². The number of rotatable bonds is 5. The van der Waals surface area contributed by atoms with Crippen LogP contribution in [0, 0.1) is 6.92 Å². The lowest BCUT2D eigenvalue weighted by molar-refractivity contribution is 0.0954. The monoisotopic (exact) mass is 259 g/mol. The fourth-order valence-corrected chi connectivity index (χ4v) is 1.85. The number of aromatic amines is 1. The molecule has 0 radical (unpaired) electrons. The third-order valence-corrected chi connectivity index (χ3v) is 2.89. The van der Waals surface area contributed by atoms with Crippen LogP contribution in [0.3, 0.4) is 0 Å². The number of hydrogen-bond acceptors (Lipinski definition) is 3. The second-order valence-electron chi connectivity index (χ2n) is 4.27. The second-order valence-corrected chi connectivity index (χ2v) is 4.27. The summed E-state index contributed by atoms with van der Waals surface area (Å²) in [6, 6.07) is 5.39. The van der Waals surface area contributed by atoms with Gasteiger partial charge in [0.15, 0.2) is 0 Å².